The fraction of sp³-hybridized carbons (Fsp3) is 0.300. The third-order valence-corrected chi connectivity index (χ3v) is 7.24. The van der Waals surface area contributed by atoms with E-state index < -0.39 is 27.5 Å². The van der Waals surface area contributed by atoms with Crippen molar-refractivity contribution in [2.24, 2.45) is 0 Å². The number of aryl methyl sites for hydroxylation is 1. The molecule has 0 atom stereocenters. The molecule has 2 aromatic carbocycles. The fourth-order valence-corrected chi connectivity index (χ4v) is 5.21. The van der Waals surface area contributed by atoms with E-state index in [-0.39, 0.29) is 34.2 Å². The Kier molecular flexibility index (Phi) is 5.87. The van der Waals surface area contributed by atoms with Crippen LogP contribution in [0.2, 0.25) is 5.02 Å². The molecule has 1 amide bonds. The number of oxazole rings is 1. The predicted octanol–water partition coefficient (Wildman–Crippen LogP) is 3.20. The average Bonchev–Trinajstić information content (AvgIpc) is 3.36. The van der Waals surface area contributed by atoms with Crippen molar-refractivity contribution in [3.05, 3.63) is 57.8 Å². The van der Waals surface area contributed by atoms with Crippen molar-refractivity contribution >= 4 is 44.3 Å². The van der Waals surface area contributed by atoms with Crippen molar-refractivity contribution in [1.29, 1.82) is 0 Å². The van der Waals surface area contributed by atoms with Gasteiger partial charge in [0.2, 0.25) is 15.9 Å². The first-order valence-electron chi connectivity index (χ1n) is 9.64. The minimum atomic E-state index is -3.65. The predicted molar refractivity (Wildman–Crippen MR) is 113 cm³/mol. The number of hydrogen-bond donors (Lipinski definition) is 1. The van der Waals surface area contributed by atoms with Gasteiger partial charge in [0.1, 0.15) is 5.82 Å². The van der Waals surface area contributed by atoms with Crippen LogP contribution < -0.4 is 11.1 Å². The summed E-state index contributed by atoms with van der Waals surface area (Å²) in [7, 11) is -3.65. The van der Waals surface area contributed by atoms with E-state index in [2.05, 4.69) is 5.32 Å². The number of halogens is 2. The maximum Gasteiger partial charge on any atom is 0.419 e. The summed E-state index contributed by atoms with van der Waals surface area (Å²) in [6, 6.07) is 8.10. The van der Waals surface area contributed by atoms with Crippen LogP contribution in [0.4, 0.5) is 10.1 Å². The molecular formula is C20H19ClFN3O5S. The van der Waals surface area contributed by atoms with E-state index in [1.165, 1.54) is 39.2 Å². The van der Waals surface area contributed by atoms with E-state index >= 15 is 0 Å². The molecular weight excluding hydrogens is 449 g/mol. The van der Waals surface area contributed by atoms with Gasteiger partial charge in [0.15, 0.2) is 5.58 Å². The lowest BCUT2D eigenvalue weighted by Gasteiger charge is -2.15. The fourth-order valence-electron chi connectivity index (χ4n) is 3.51. The van der Waals surface area contributed by atoms with E-state index in [9.17, 15) is 22.4 Å². The number of hydrogen-bond acceptors (Lipinski definition) is 5. The molecule has 1 aliphatic rings. The summed E-state index contributed by atoms with van der Waals surface area (Å²) in [6.07, 6.45) is 1.51. The van der Waals surface area contributed by atoms with E-state index in [0.29, 0.717) is 18.6 Å². The van der Waals surface area contributed by atoms with Crippen LogP contribution in [0.1, 0.15) is 19.3 Å². The lowest BCUT2D eigenvalue weighted by Crippen LogP contribution is -2.27. The molecule has 0 saturated carbocycles. The Hall–Kier alpha value is -2.69. The van der Waals surface area contributed by atoms with Crippen molar-refractivity contribution in [3.63, 3.8) is 0 Å². The quantitative estimate of drug-likeness (QED) is 0.599. The molecule has 1 aromatic heterocycles. The van der Waals surface area contributed by atoms with Gasteiger partial charge in [-0.1, -0.05) is 11.6 Å². The molecule has 3 aromatic rings. The lowest BCUT2D eigenvalue weighted by atomic mass is 10.3. The summed E-state index contributed by atoms with van der Waals surface area (Å²) in [5, 5.41) is 2.63. The van der Waals surface area contributed by atoms with E-state index in [1.807, 2.05) is 0 Å². The third kappa shape index (κ3) is 4.36. The molecule has 1 N–H and O–H groups in total. The second kappa shape index (κ2) is 8.45. The van der Waals surface area contributed by atoms with Gasteiger partial charge in [-0.2, -0.15) is 4.31 Å². The van der Waals surface area contributed by atoms with Crippen LogP contribution in [-0.2, 0) is 21.4 Å². The lowest BCUT2D eigenvalue weighted by molar-refractivity contribution is -0.116. The molecule has 31 heavy (non-hydrogen) atoms. The SMILES string of the molecule is O=C(CCn1c(=O)oc2cc(S(=O)(=O)N3CCCC3)ccc21)Nc1ccc(Cl)cc1F. The number of benzene rings is 2. The first kappa shape index (κ1) is 21.5. The Labute approximate surface area is 182 Å². The third-order valence-electron chi connectivity index (χ3n) is 5.11. The summed E-state index contributed by atoms with van der Waals surface area (Å²) in [5.41, 5.74) is 0.473. The number of sulfonamides is 1. The minimum Gasteiger partial charge on any atom is -0.408 e. The molecule has 0 bridgehead atoms. The highest BCUT2D eigenvalue weighted by Gasteiger charge is 2.28. The normalized spacial score (nSPS) is 14.9. The number of carbonyl (C=O) groups excluding carboxylic acids is 1. The van der Waals surface area contributed by atoms with Gasteiger partial charge >= 0.3 is 5.76 Å². The van der Waals surface area contributed by atoms with Crippen LogP contribution in [0, 0.1) is 5.82 Å². The van der Waals surface area contributed by atoms with Crippen LogP contribution in [0.25, 0.3) is 11.1 Å². The van der Waals surface area contributed by atoms with Gasteiger partial charge in [-0.15, -0.1) is 0 Å². The Morgan fingerprint density at radius 2 is 1.90 bits per heavy atom. The van der Waals surface area contributed by atoms with E-state index in [0.717, 1.165) is 18.9 Å². The van der Waals surface area contributed by atoms with E-state index in [4.69, 9.17) is 16.0 Å². The molecule has 2 heterocycles. The van der Waals surface area contributed by atoms with Gasteiger partial charge in [-0.25, -0.2) is 17.6 Å². The second-order valence-electron chi connectivity index (χ2n) is 7.18. The standard InChI is InChI=1S/C20H19ClFN3O5S/c21-13-3-5-16(15(22)11-13)23-19(26)7-10-25-17-6-4-14(12-18(17)30-20(25)27)31(28,29)24-8-1-2-9-24/h3-6,11-12H,1-2,7-10H2,(H,23,26). The highest BCUT2D eigenvalue weighted by atomic mass is 35.5. The largest absolute Gasteiger partial charge is 0.419 e. The van der Waals surface area contributed by atoms with Gasteiger partial charge in [-0.3, -0.25) is 9.36 Å². The Morgan fingerprint density at radius 3 is 2.61 bits per heavy atom. The van der Waals surface area contributed by atoms with Gasteiger partial charge in [-0.05, 0) is 43.2 Å². The molecule has 8 nitrogen and oxygen atoms in total. The molecule has 0 radical (unpaired) electrons. The molecule has 164 valence electrons. The topological polar surface area (TPSA) is 102 Å². The molecule has 1 saturated heterocycles. The monoisotopic (exact) mass is 467 g/mol. The molecule has 1 fully saturated rings. The van der Waals surface area contributed by atoms with Crippen LogP contribution >= 0.6 is 11.6 Å². The number of aromatic nitrogens is 1. The van der Waals surface area contributed by atoms with Crippen molar-refractivity contribution in [2.75, 3.05) is 18.4 Å². The molecule has 0 aliphatic carbocycles. The van der Waals surface area contributed by atoms with Crippen LogP contribution in [0.15, 0.2) is 50.5 Å². The Balaban J connectivity index is 1.51. The molecule has 4 rings (SSSR count). The highest BCUT2D eigenvalue weighted by molar-refractivity contribution is 7.89. The number of anilines is 1. The molecule has 0 unspecified atom stereocenters. The minimum absolute atomic E-state index is 0.0180. The highest BCUT2D eigenvalue weighted by Crippen LogP contribution is 2.24. The number of fused-ring (bicyclic) bond motifs is 1. The first-order valence-corrected chi connectivity index (χ1v) is 11.5. The number of nitrogens with zero attached hydrogens (tertiary/aromatic N) is 2. The van der Waals surface area contributed by atoms with Gasteiger partial charge in [0.25, 0.3) is 0 Å². The maximum atomic E-state index is 13.8. The average molecular weight is 468 g/mol. The number of carbonyl (C=O) groups is 1. The zero-order chi connectivity index (χ0) is 22.2. The van der Waals surface area contributed by atoms with Gasteiger partial charge in [0, 0.05) is 37.1 Å². The van der Waals surface area contributed by atoms with Crippen LogP contribution in [0.5, 0.6) is 0 Å². The summed E-state index contributed by atoms with van der Waals surface area (Å²) < 4.78 is 47.1. The van der Waals surface area contributed by atoms with Crippen LogP contribution in [0.3, 0.4) is 0 Å². The molecule has 0 spiro atoms. The van der Waals surface area contributed by atoms with E-state index in [1.54, 1.807) is 0 Å². The zero-order valence-electron chi connectivity index (χ0n) is 16.3. The smallest absolute Gasteiger partial charge is 0.408 e. The first-order chi connectivity index (χ1) is 14.8. The van der Waals surface area contributed by atoms with Crippen molar-refractivity contribution in [2.45, 2.75) is 30.7 Å². The van der Waals surface area contributed by atoms with Gasteiger partial charge < -0.3 is 9.73 Å². The molecule has 11 heteroatoms. The Morgan fingerprint density at radius 1 is 1.16 bits per heavy atom. The summed E-state index contributed by atoms with van der Waals surface area (Å²) >= 11 is 5.69. The number of rotatable bonds is 6. The Bertz CT molecular complexity index is 1310. The second-order valence-corrected chi connectivity index (χ2v) is 9.56. The number of nitrogens with one attached hydrogen (secondary N) is 1. The van der Waals surface area contributed by atoms with Gasteiger partial charge in [0.05, 0.1) is 16.1 Å². The molecule has 1 aliphatic heterocycles. The zero-order valence-corrected chi connectivity index (χ0v) is 17.9. The number of amides is 1. The summed E-state index contributed by atoms with van der Waals surface area (Å²) in [5.74, 6) is -1.88. The van der Waals surface area contributed by atoms with Crippen molar-refractivity contribution in [1.82, 2.24) is 8.87 Å². The van der Waals surface area contributed by atoms with Crippen molar-refractivity contribution in [3.8, 4) is 0 Å². The summed E-state index contributed by atoms with van der Waals surface area (Å²) in [4.78, 5) is 24.5. The maximum absolute atomic E-state index is 13.8. The summed E-state index contributed by atoms with van der Waals surface area (Å²) in [6.45, 7) is 0.911. The van der Waals surface area contributed by atoms with Crippen molar-refractivity contribution < 1.29 is 22.0 Å². The van der Waals surface area contributed by atoms with Crippen LogP contribution in [-0.4, -0.2) is 36.3 Å².